The number of rotatable bonds is 6. The van der Waals surface area contributed by atoms with Crippen molar-refractivity contribution in [3.63, 3.8) is 0 Å². The van der Waals surface area contributed by atoms with Gasteiger partial charge in [-0.2, -0.15) is 0 Å². The van der Waals surface area contributed by atoms with Crippen molar-refractivity contribution >= 4 is 6.08 Å². The molecular weight excluding hydrogens is 425 g/mol. The Balaban J connectivity index is 1.41. The molecule has 3 aromatic rings. The molecule has 1 aliphatic carbocycles. The van der Waals surface area contributed by atoms with Gasteiger partial charge in [0.05, 0.1) is 14.2 Å². The number of hydrogen-bond acceptors (Lipinski definition) is 2. The van der Waals surface area contributed by atoms with E-state index in [1.54, 1.807) is 61.7 Å². The Hall–Kier alpha value is -3.21. The number of hydrogen-bond donors (Lipinski definition) is 0. The van der Waals surface area contributed by atoms with E-state index < -0.39 is 11.6 Å². The van der Waals surface area contributed by atoms with Crippen LogP contribution in [0.4, 0.5) is 13.2 Å². The standard InChI is InChI=1S/C28H27F3O2/c1-32-23-13-9-20(10-14-23)24-15-11-21(27(30)28(24)31)8-5-18-3-6-19(7-4-18)22-12-16-26(33-2)25(29)17-22/h5,8-19H,3-4,6-7H2,1-2H3/b8-5+. The predicted octanol–water partition coefficient (Wildman–Crippen LogP) is 7.78. The molecule has 1 fully saturated rings. The maximum Gasteiger partial charge on any atom is 0.167 e. The Morgan fingerprint density at radius 2 is 1.52 bits per heavy atom. The van der Waals surface area contributed by atoms with Gasteiger partial charge in [0.2, 0.25) is 0 Å². The van der Waals surface area contributed by atoms with Crippen LogP contribution in [0.5, 0.6) is 11.5 Å². The normalized spacial score (nSPS) is 18.5. The highest BCUT2D eigenvalue weighted by Crippen LogP contribution is 2.38. The van der Waals surface area contributed by atoms with Gasteiger partial charge in [-0.05, 0) is 72.9 Å². The molecular formula is C28H27F3O2. The first kappa shape index (κ1) is 23.0. The molecule has 0 aromatic heterocycles. The zero-order chi connectivity index (χ0) is 23.4. The summed E-state index contributed by atoms with van der Waals surface area (Å²) in [4.78, 5) is 0. The molecule has 0 atom stereocenters. The van der Waals surface area contributed by atoms with E-state index in [1.165, 1.54) is 7.11 Å². The number of benzene rings is 3. The van der Waals surface area contributed by atoms with Gasteiger partial charge in [0.25, 0.3) is 0 Å². The number of methoxy groups -OCH3 is 2. The highest BCUT2D eigenvalue weighted by atomic mass is 19.2. The minimum absolute atomic E-state index is 0.222. The van der Waals surface area contributed by atoms with Crippen LogP contribution in [0.3, 0.4) is 0 Å². The largest absolute Gasteiger partial charge is 0.497 e. The second-order valence-corrected chi connectivity index (χ2v) is 8.42. The van der Waals surface area contributed by atoms with Crippen molar-refractivity contribution in [2.24, 2.45) is 5.92 Å². The molecule has 0 radical (unpaired) electrons. The fourth-order valence-electron chi connectivity index (χ4n) is 4.51. The van der Waals surface area contributed by atoms with Gasteiger partial charge in [-0.1, -0.05) is 42.5 Å². The van der Waals surface area contributed by atoms with E-state index in [1.807, 2.05) is 12.1 Å². The van der Waals surface area contributed by atoms with Gasteiger partial charge >= 0.3 is 0 Å². The summed E-state index contributed by atoms with van der Waals surface area (Å²) in [6.45, 7) is 0. The van der Waals surface area contributed by atoms with Crippen LogP contribution in [0.1, 0.15) is 42.7 Å². The van der Waals surface area contributed by atoms with Crippen LogP contribution in [0, 0.1) is 23.4 Å². The first-order chi connectivity index (χ1) is 16.0. The van der Waals surface area contributed by atoms with Crippen LogP contribution in [0.15, 0.2) is 60.7 Å². The minimum atomic E-state index is -0.854. The van der Waals surface area contributed by atoms with Crippen molar-refractivity contribution in [2.45, 2.75) is 31.6 Å². The molecule has 1 saturated carbocycles. The Kier molecular flexibility index (Phi) is 7.07. The average molecular weight is 453 g/mol. The first-order valence-corrected chi connectivity index (χ1v) is 11.1. The summed E-state index contributed by atoms with van der Waals surface area (Å²) in [5, 5.41) is 0. The summed E-state index contributed by atoms with van der Waals surface area (Å²) in [6, 6.07) is 15.2. The Morgan fingerprint density at radius 3 is 2.15 bits per heavy atom. The summed E-state index contributed by atoms with van der Waals surface area (Å²) in [5.74, 6) is -0.545. The molecule has 5 heteroatoms. The summed E-state index contributed by atoms with van der Waals surface area (Å²) in [5.41, 5.74) is 2.04. The van der Waals surface area contributed by atoms with E-state index in [-0.39, 0.29) is 28.6 Å². The lowest BCUT2D eigenvalue weighted by Gasteiger charge is -2.27. The van der Waals surface area contributed by atoms with Crippen LogP contribution in [-0.4, -0.2) is 14.2 Å². The van der Waals surface area contributed by atoms with Crippen molar-refractivity contribution in [2.75, 3.05) is 14.2 Å². The Labute approximate surface area is 192 Å². The van der Waals surface area contributed by atoms with Crippen LogP contribution in [0.2, 0.25) is 0 Å². The van der Waals surface area contributed by atoms with Gasteiger partial charge in [-0.15, -0.1) is 0 Å². The van der Waals surface area contributed by atoms with E-state index in [0.717, 1.165) is 31.2 Å². The smallest absolute Gasteiger partial charge is 0.167 e. The quantitative estimate of drug-likeness (QED) is 0.380. The van der Waals surface area contributed by atoms with Crippen molar-refractivity contribution in [1.82, 2.24) is 0 Å². The average Bonchev–Trinajstić information content (AvgIpc) is 2.85. The summed E-state index contributed by atoms with van der Waals surface area (Å²) in [7, 11) is 3.01. The molecule has 0 bridgehead atoms. The summed E-state index contributed by atoms with van der Waals surface area (Å²) >= 11 is 0. The number of ether oxygens (including phenoxy) is 2. The summed E-state index contributed by atoms with van der Waals surface area (Å²) in [6.07, 6.45) is 7.33. The lowest BCUT2D eigenvalue weighted by Crippen LogP contribution is -2.12. The highest BCUT2D eigenvalue weighted by Gasteiger charge is 2.22. The van der Waals surface area contributed by atoms with Gasteiger partial charge in [0.1, 0.15) is 5.75 Å². The monoisotopic (exact) mass is 452 g/mol. The first-order valence-electron chi connectivity index (χ1n) is 11.1. The van der Waals surface area contributed by atoms with E-state index in [9.17, 15) is 13.2 Å². The molecule has 1 aliphatic rings. The van der Waals surface area contributed by atoms with Crippen molar-refractivity contribution in [3.05, 3.63) is 89.3 Å². The van der Waals surface area contributed by atoms with Crippen LogP contribution in [-0.2, 0) is 0 Å². The number of halogens is 3. The topological polar surface area (TPSA) is 18.5 Å². The molecule has 172 valence electrons. The van der Waals surface area contributed by atoms with Gasteiger partial charge in [-0.25, -0.2) is 13.2 Å². The maximum absolute atomic E-state index is 14.7. The molecule has 0 heterocycles. The highest BCUT2D eigenvalue weighted by molar-refractivity contribution is 5.67. The molecule has 33 heavy (non-hydrogen) atoms. The lowest BCUT2D eigenvalue weighted by molar-refractivity contribution is 0.370. The van der Waals surface area contributed by atoms with Crippen molar-refractivity contribution < 1.29 is 22.6 Å². The van der Waals surface area contributed by atoms with E-state index in [0.29, 0.717) is 17.2 Å². The predicted molar refractivity (Wildman–Crippen MR) is 125 cm³/mol. The third-order valence-electron chi connectivity index (χ3n) is 6.48. The molecule has 0 saturated heterocycles. The van der Waals surface area contributed by atoms with Gasteiger partial charge < -0.3 is 9.47 Å². The fourth-order valence-corrected chi connectivity index (χ4v) is 4.51. The zero-order valence-electron chi connectivity index (χ0n) is 18.8. The third kappa shape index (κ3) is 5.08. The van der Waals surface area contributed by atoms with E-state index >= 15 is 0 Å². The Bertz CT molecular complexity index is 1130. The molecule has 0 aliphatic heterocycles. The molecule has 4 rings (SSSR count). The second-order valence-electron chi connectivity index (χ2n) is 8.42. The van der Waals surface area contributed by atoms with Crippen LogP contribution in [0.25, 0.3) is 17.2 Å². The van der Waals surface area contributed by atoms with Crippen LogP contribution < -0.4 is 9.47 Å². The van der Waals surface area contributed by atoms with Crippen LogP contribution >= 0.6 is 0 Å². The molecule has 0 unspecified atom stereocenters. The van der Waals surface area contributed by atoms with E-state index in [4.69, 9.17) is 9.47 Å². The van der Waals surface area contributed by atoms with E-state index in [2.05, 4.69) is 0 Å². The molecule has 0 amide bonds. The molecule has 0 N–H and O–H groups in total. The summed E-state index contributed by atoms with van der Waals surface area (Å²) < 4.78 is 53.6. The molecule has 2 nitrogen and oxygen atoms in total. The zero-order valence-corrected chi connectivity index (χ0v) is 18.8. The fraction of sp³-hybridized carbons (Fsp3) is 0.286. The second kappa shape index (κ2) is 10.2. The third-order valence-corrected chi connectivity index (χ3v) is 6.48. The minimum Gasteiger partial charge on any atom is -0.497 e. The van der Waals surface area contributed by atoms with Crippen molar-refractivity contribution in [1.29, 1.82) is 0 Å². The lowest BCUT2D eigenvalue weighted by atomic mass is 9.78. The van der Waals surface area contributed by atoms with Gasteiger partial charge in [0.15, 0.2) is 23.2 Å². The van der Waals surface area contributed by atoms with Gasteiger partial charge in [-0.3, -0.25) is 0 Å². The maximum atomic E-state index is 14.7. The van der Waals surface area contributed by atoms with Gasteiger partial charge in [0, 0.05) is 11.1 Å². The SMILES string of the molecule is COc1ccc(-c2ccc(/C=C/C3CCC(c4ccc(OC)c(F)c4)CC3)c(F)c2F)cc1. The Morgan fingerprint density at radius 1 is 0.788 bits per heavy atom. The molecule has 3 aromatic carbocycles. The number of allylic oxidation sites excluding steroid dienone is 1. The molecule has 0 spiro atoms. The van der Waals surface area contributed by atoms with Crippen molar-refractivity contribution in [3.8, 4) is 22.6 Å².